The lowest BCUT2D eigenvalue weighted by atomic mass is 10.2. The maximum atomic E-state index is 11.6. The summed E-state index contributed by atoms with van der Waals surface area (Å²) in [4.78, 5) is 21.2. The number of aliphatic hydroxyl groups excluding tert-OH is 1. The van der Waals surface area contributed by atoms with Crippen LogP contribution >= 0.6 is 0 Å². The van der Waals surface area contributed by atoms with Crippen molar-refractivity contribution in [1.82, 2.24) is 14.9 Å². The van der Waals surface area contributed by atoms with Crippen LogP contribution in [0.4, 0.5) is 0 Å². The maximum absolute atomic E-state index is 11.6. The molecule has 0 aliphatic carbocycles. The lowest BCUT2D eigenvalue weighted by Crippen LogP contribution is -2.21. The monoisotopic (exact) mass is 283 g/mol. The van der Waals surface area contributed by atoms with Crippen LogP contribution in [0.1, 0.15) is 5.69 Å². The van der Waals surface area contributed by atoms with Gasteiger partial charge in [-0.2, -0.15) is 0 Å². The first-order valence-corrected chi connectivity index (χ1v) is 6.38. The third kappa shape index (κ3) is 2.55. The third-order valence-corrected chi connectivity index (χ3v) is 3.15. The van der Waals surface area contributed by atoms with E-state index < -0.39 is 5.91 Å². The van der Waals surface area contributed by atoms with Gasteiger partial charge in [0.1, 0.15) is 12.1 Å². The van der Waals surface area contributed by atoms with E-state index in [1.54, 1.807) is 13.1 Å². The number of likely N-dealkylation sites (N-methyl/N-ethyl adjacent to an activating group) is 1. The Morgan fingerprint density at radius 1 is 1.24 bits per heavy atom. The van der Waals surface area contributed by atoms with E-state index in [4.69, 9.17) is 4.74 Å². The average molecular weight is 283 g/mol. The normalized spacial score (nSPS) is 14.7. The highest BCUT2D eigenvalue weighted by atomic mass is 16.5. The second-order valence-electron chi connectivity index (χ2n) is 4.64. The first kappa shape index (κ1) is 13.1. The lowest BCUT2D eigenvalue weighted by Gasteiger charge is -2.08. The summed E-state index contributed by atoms with van der Waals surface area (Å²) < 4.78 is 5.61. The Balaban J connectivity index is 1.89. The van der Waals surface area contributed by atoms with Gasteiger partial charge in [-0.05, 0) is 12.1 Å². The van der Waals surface area contributed by atoms with Crippen molar-refractivity contribution >= 4 is 11.5 Å². The van der Waals surface area contributed by atoms with E-state index in [1.807, 2.05) is 30.3 Å². The third-order valence-electron chi connectivity index (χ3n) is 3.15. The van der Waals surface area contributed by atoms with Crippen molar-refractivity contribution in [2.24, 2.45) is 0 Å². The molecule has 1 amide bonds. The Morgan fingerprint density at radius 2 is 2.00 bits per heavy atom. The van der Waals surface area contributed by atoms with Gasteiger partial charge in [0.15, 0.2) is 5.76 Å². The molecule has 0 saturated carbocycles. The van der Waals surface area contributed by atoms with Gasteiger partial charge in [-0.3, -0.25) is 4.79 Å². The number of aromatic nitrogens is 2. The number of para-hydroxylation sites is 1. The van der Waals surface area contributed by atoms with Gasteiger partial charge in [-0.1, -0.05) is 18.2 Å². The first-order valence-electron chi connectivity index (χ1n) is 6.38. The molecule has 21 heavy (non-hydrogen) atoms. The molecule has 2 aromatic rings. The molecule has 1 aromatic heterocycles. The minimum absolute atomic E-state index is 0.276. The predicted octanol–water partition coefficient (Wildman–Crippen LogP) is 2.01. The maximum Gasteiger partial charge on any atom is 0.289 e. The van der Waals surface area contributed by atoms with Crippen LogP contribution in [0.5, 0.6) is 11.6 Å². The molecule has 2 heterocycles. The summed E-state index contributed by atoms with van der Waals surface area (Å²) >= 11 is 0. The molecule has 1 N–H and O–H groups in total. The highest BCUT2D eigenvalue weighted by molar-refractivity contribution is 6.03. The molecule has 1 aromatic carbocycles. The SMILES string of the molecule is CN1CC(c2cc(Oc3ccccc3)ncn2)=C(O)C1=O. The molecule has 0 unspecified atom stereocenters. The fourth-order valence-corrected chi connectivity index (χ4v) is 2.07. The summed E-state index contributed by atoms with van der Waals surface area (Å²) in [5.41, 5.74) is 0.953. The summed E-state index contributed by atoms with van der Waals surface area (Å²) in [6, 6.07) is 10.8. The zero-order valence-electron chi connectivity index (χ0n) is 11.4. The summed E-state index contributed by atoms with van der Waals surface area (Å²) in [6.07, 6.45) is 1.34. The highest BCUT2D eigenvalue weighted by Gasteiger charge is 2.29. The van der Waals surface area contributed by atoms with E-state index in [0.717, 1.165) is 0 Å². The second kappa shape index (κ2) is 5.24. The second-order valence-corrected chi connectivity index (χ2v) is 4.64. The van der Waals surface area contributed by atoms with Gasteiger partial charge in [0, 0.05) is 18.7 Å². The lowest BCUT2D eigenvalue weighted by molar-refractivity contribution is -0.126. The summed E-state index contributed by atoms with van der Waals surface area (Å²) in [7, 11) is 1.62. The topological polar surface area (TPSA) is 75.6 Å². The highest BCUT2D eigenvalue weighted by Crippen LogP contribution is 2.26. The number of aliphatic hydroxyl groups is 1. The van der Waals surface area contributed by atoms with Crippen LogP contribution in [0.25, 0.3) is 5.57 Å². The Bertz CT molecular complexity index is 713. The van der Waals surface area contributed by atoms with E-state index in [9.17, 15) is 9.90 Å². The Morgan fingerprint density at radius 3 is 2.67 bits per heavy atom. The van der Waals surface area contributed by atoms with E-state index in [2.05, 4.69) is 9.97 Å². The zero-order chi connectivity index (χ0) is 14.8. The molecule has 0 spiro atoms. The van der Waals surface area contributed by atoms with Crippen LogP contribution in [-0.2, 0) is 4.79 Å². The molecule has 3 rings (SSSR count). The van der Waals surface area contributed by atoms with E-state index in [1.165, 1.54) is 11.2 Å². The molecular weight excluding hydrogens is 270 g/mol. The Hall–Kier alpha value is -2.89. The number of hydrogen-bond donors (Lipinski definition) is 1. The van der Waals surface area contributed by atoms with Gasteiger partial charge in [0.05, 0.1) is 12.2 Å². The fraction of sp³-hybridized carbons (Fsp3) is 0.133. The molecule has 0 saturated heterocycles. The molecule has 106 valence electrons. The molecule has 0 atom stereocenters. The number of carbonyl (C=O) groups excluding carboxylic acids is 1. The van der Waals surface area contributed by atoms with Crippen molar-refractivity contribution < 1.29 is 14.6 Å². The van der Waals surface area contributed by atoms with Crippen LogP contribution < -0.4 is 4.74 Å². The molecule has 6 nitrogen and oxygen atoms in total. The van der Waals surface area contributed by atoms with Crippen molar-refractivity contribution in [3.05, 3.63) is 54.2 Å². The van der Waals surface area contributed by atoms with E-state index in [0.29, 0.717) is 29.4 Å². The molecule has 1 aliphatic rings. The summed E-state index contributed by atoms with van der Waals surface area (Å²) in [6.45, 7) is 0.312. The van der Waals surface area contributed by atoms with Crippen molar-refractivity contribution in [1.29, 1.82) is 0 Å². The van der Waals surface area contributed by atoms with Gasteiger partial charge < -0.3 is 14.7 Å². The van der Waals surface area contributed by atoms with Crippen molar-refractivity contribution in [2.75, 3.05) is 13.6 Å². The Labute approximate surface area is 121 Å². The minimum Gasteiger partial charge on any atom is -0.503 e. The summed E-state index contributed by atoms with van der Waals surface area (Å²) in [5, 5.41) is 9.85. The van der Waals surface area contributed by atoms with Crippen LogP contribution in [0.15, 0.2) is 48.5 Å². The van der Waals surface area contributed by atoms with E-state index in [-0.39, 0.29) is 5.76 Å². The number of nitrogens with zero attached hydrogens (tertiary/aromatic N) is 3. The molecule has 1 aliphatic heterocycles. The molecule has 0 fully saturated rings. The number of hydrogen-bond acceptors (Lipinski definition) is 5. The quantitative estimate of drug-likeness (QED) is 0.932. The molecular formula is C15H13N3O3. The first-order chi connectivity index (χ1) is 10.1. The standard InChI is InChI=1S/C15H13N3O3/c1-18-8-11(14(19)15(18)20)12-7-13(17-9-16-12)21-10-5-3-2-4-6-10/h2-7,9,19H,8H2,1H3. The summed E-state index contributed by atoms with van der Waals surface area (Å²) in [5.74, 6) is 0.324. The largest absolute Gasteiger partial charge is 0.503 e. The van der Waals surface area contributed by atoms with Crippen molar-refractivity contribution in [3.8, 4) is 11.6 Å². The van der Waals surface area contributed by atoms with Gasteiger partial charge in [0.2, 0.25) is 5.88 Å². The van der Waals surface area contributed by atoms with Gasteiger partial charge >= 0.3 is 0 Å². The Kier molecular flexibility index (Phi) is 3.27. The van der Waals surface area contributed by atoms with Crippen LogP contribution in [0.3, 0.4) is 0 Å². The van der Waals surface area contributed by atoms with Crippen molar-refractivity contribution in [2.45, 2.75) is 0 Å². The van der Waals surface area contributed by atoms with Crippen LogP contribution in [-0.4, -0.2) is 39.5 Å². The van der Waals surface area contributed by atoms with Crippen molar-refractivity contribution in [3.63, 3.8) is 0 Å². The van der Waals surface area contributed by atoms with Gasteiger partial charge in [-0.25, -0.2) is 9.97 Å². The number of ether oxygens (including phenoxy) is 1. The number of benzene rings is 1. The molecule has 6 heteroatoms. The van der Waals surface area contributed by atoms with Crippen LogP contribution in [0, 0.1) is 0 Å². The fourth-order valence-electron chi connectivity index (χ4n) is 2.07. The van der Waals surface area contributed by atoms with Gasteiger partial charge in [-0.15, -0.1) is 0 Å². The molecule has 0 radical (unpaired) electrons. The zero-order valence-corrected chi connectivity index (χ0v) is 11.4. The van der Waals surface area contributed by atoms with Crippen LogP contribution in [0.2, 0.25) is 0 Å². The molecule has 0 bridgehead atoms. The number of rotatable bonds is 3. The number of amides is 1. The van der Waals surface area contributed by atoms with E-state index >= 15 is 0 Å². The predicted molar refractivity (Wildman–Crippen MR) is 75.7 cm³/mol. The minimum atomic E-state index is -0.408. The smallest absolute Gasteiger partial charge is 0.289 e. The van der Waals surface area contributed by atoms with Gasteiger partial charge in [0.25, 0.3) is 5.91 Å². The number of carbonyl (C=O) groups is 1. The average Bonchev–Trinajstić information content (AvgIpc) is 2.76.